The summed E-state index contributed by atoms with van der Waals surface area (Å²) in [5.41, 5.74) is 2.60. The zero-order chi connectivity index (χ0) is 12.5. The fourth-order valence-corrected chi connectivity index (χ4v) is 2.30. The van der Waals surface area contributed by atoms with Crippen molar-refractivity contribution in [2.45, 2.75) is 32.6 Å². The molecule has 100 valence electrons. The van der Waals surface area contributed by atoms with Gasteiger partial charge in [-0.15, -0.1) is 0 Å². The summed E-state index contributed by atoms with van der Waals surface area (Å²) in [5, 5.41) is 3.11. The lowest BCUT2D eigenvalue weighted by molar-refractivity contribution is 0.203. The van der Waals surface area contributed by atoms with Gasteiger partial charge in [-0.3, -0.25) is 10.4 Å². The number of hydrogen-bond donors (Lipinski definition) is 3. The van der Waals surface area contributed by atoms with Crippen molar-refractivity contribution in [3.63, 3.8) is 0 Å². The van der Waals surface area contributed by atoms with Crippen molar-refractivity contribution in [2.24, 2.45) is 22.7 Å². The molecule has 1 rings (SSSR count). The monoisotopic (exact) mass is 242 g/mol. The zero-order valence-corrected chi connectivity index (χ0v) is 11.0. The molecule has 1 saturated carbocycles. The van der Waals surface area contributed by atoms with Gasteiger partial charge in [-0.2, -0.15) is 0 Å². The van der Waals surface area contributed by atoms with Gasteiger partial charge in [-0.25, -0.2) is 5.84 Å². The minimum Gasteiger partial charge on any atom is -0.383 e. The minimum atomic E-state index is 0.653. The molecule has 17 heavy (non-hydrogen) atoms. The third-order valence-corrected chi connectivity index (χ3v) is 3.51. The number of nitrogens with two attached hydrogens (primary N) is 1. The molecule has 0 heterocycles. The number of nitrogens with one attached hydrogen (secondary N) is 2. The molecule has 0 bridgehead atoms. The summed E-state index contributed by atoms with van der Waals surface area (Å²) in [4.78, 5) is 4.50. The maximum atomic E-state index is 5.42. The fraction of sp³-hybridized carbons (Fsp3) is 0.917. The molecule has 1 aliphatic carbocycles. The molecule has 0 amide bonds. The van der Waals surface area contributed by atoms with Crippen LogP contribution < -0.4 is 16.6 Å². The van der Waals surface area contributed by atoms with Crippen molar-refractivity contribution in [1.82, 2.24) is 10.7 Å². The lowest BCUT2D eigenvalue weighted by Gasteiger charge is -2.27. The van der Waals surface area contributed by atoms with Gasteiger partial charge in [-0.05, 0) is 18.3 Å². The topological polar surface area (TPSA) is 71.7 Å². The average molecular weight is 242 g/mol. The van der Waals surface area contributed by atoms with Crippen LogP contribution in [0.5, 0.6) is 0 Å². The van der Waals surface area contributed by atoms with Gasteiger partial charge in [-0.1, -0.05) is 26.2 Å². The Labute approximate surface area is 104 Å². The molecular formula is C12H26N4O. The molecule has 1 aliphatic rings. The molecule has 0 saturated heterocycles. The van der Waals surface area contributed by atoms with E-state index in [1.807, 2.05) is 0 Å². The van der Waals surface area contributed by atoms with Crippen molar-refractivity contribution in [3.05, 3.63) is 0 Å². The lowest BCUT2D eigenvalue weighted by atomic mass is 9.80. The normalized spacial score (nSPS) is 25.7. The van der Waals surface area contributed by atoms with Crippen LogP contribution in [0, 0.1) is 11.8 Å². The molecule has 0 radical (unpaired) electrons. The third-order valence-electron chi connectivity index (χ3n) is 3.51. The molecule has 1 fully saturated rings. The first-order valence-electron chi connectivity index (χ1n) is 6.51. The number of aliphatic imine (C=N–C) groups is 1. The summed E-state index contributed by atoms with van der Waals surface area (Å²) < 4.78 is 4.96. The molecule has 5 heteroatoms. The highest BCUT2D eigenvalue weighted by atomic mass is 16.5. The molecule has 0 aromatic heterocycles. The Hall–Kier alpha value is -0.810. The van der Waals surface area contributed by atoms with Crippen molar-refractivity contribution in [1.29, 1.82) is 0 Å². The van der Waals surface area contributed by atoms with E-state index in [2.05, 4.69) is 22.7 Å². The summed E-state index contributed by atoms with van der Waals surface area (Å²) in [7, 11) is 1.68. The zero-order valence-electron chi connectivity index (χ0n) is 11.0. The van der Waals surface area contributed by atoms with E-state index in [1.54, 1.807) is 7.11 Å². The number of methoxy groups -OCH3 is 1. The Balaban J connectivity index is 2.32. The summed E-state index contributed by atoms with van der Waals surface area (Å²) >= 11 is 0. The Morgan fingerprint density at radius 1 is 1.41 bits per heavy atom. The second-order valence-corrected chi connectivity index (χ2v) is 4.78. The quantitative estimate of drug-likeness (QED) is 0.220. The van der Waals surface area contributed by atoms with Crippen LogP contribution in [0.3, 0.4) is 0 Å². The highest BCUT2D eigenvalue weighted by molar-refractivity contribution is 5.79. The van der Waals surface area contributed by atoms with Gasteiger partial charge >= 0.3 is 0 Å². The number of guanidine groups is 1. The number of rotatable bonds is 5. The molecule has 0 aliphatic heterocycles. The van der Waals surface area contributed by atoms with Gasteiger partial charge in [0, 0.05) is 20.2 Å². The second kappa shape index (κ2) is 8.31. The molecule has 2 unspecified atom stereocenters. The van der Waals surface area contributed by atoms with Crippen LogP contribution in [0.25, 0.3) is 0 Å². The van der Waals surface area contributed by atoms with Crippen molar-refractivity contribution < 1.29 is 4.74 Å². The third kappa shape index (κ3) is 5.37. The number of hydrazine groups is 1. The van der Waals surface area contributed by atoms with Crippen molar-refractivity contribution in [3.8, 4) is 0 Å². The largest absolute Gasteiger partial charge is 0.383 e. The van der Waals surface area contributed by atoms with Gasteiger partial charge in [0.05, 0.1) is 6.61 Å². The van der Waals surface area contributed by atoms with Crippen LogP contribution in [-0.4, -0.2) is 32.8 Å². The van der Waals surface area contributed by atoms with Crippen LogP contribution in [0.15, 0.2) is 4.99 Å². The van der Waals surface area contributed by atoms with E-state index in [4.69, 9.17) is 10.6 Å². The fourth-order valence-electron chi connectivity index (χ4n) is 2.30. The smallest absolute Gasteiger partial charge is 0.205 e. The SMILES string of the molecule is COCCNC(=NCC1CCCCC1C)NN. The first-order chi connectivity index (χ1) is 8.27. The maximum Gasteiger partial charge on any atom is 0.205 e. The second-order valence-electron chi connectivity index (χ2n) is 4.78. The average Bonchev–Trinajstić information content (AvgIpc) is 2.35. The van der Waals surface area contributed by atoms with Crippen LogP contribution in [0.1, 0.15) is 32.6 Å². The van der Waals surface area contributed by atoms with Crippen molar-refractivity contribution >= 4 is 5.96 Å². The van der Waals surface area contributed by atoms with Gasteiger partial charge in [0.2, 0.25) is 5.96 Å². The maximum absolute atomic E-state index is 5.42. The van der Waals surface area contributed by atoms with Crippen LogP contribution in [0.4, 0.5) is 0 Å². The van der Waals surface area contributed by atoms with E-state index in [0.29, 0.717) is 18.5 Å². The van der Waals surface area contributed by atoms with Gasteiger partial charge in [0.15, 0.2) is 0 Å². The van der Waals surface area contributed by atoms with E-state index >= 15 is 0 Å². The molecule has 5 nitrogen and oxygen atoms in total. The lowest BCUT2D eigenvalue weighted by Crippen LogP contribution is -2.43. The highest BCUT2D eigenvalue weighted by Gasteiger charge is 2.20. The molecule has 2 atom stereocenters. The predicted molar refractivity (Wildman–Crippen MR) is 70.6 cm³/mol. The van der Waals surface area contributed by atoms with Gasteiger partial charge < -0.3 is 10.1 Å². The Kier molecular flexibility index (Phi) is 6.96. The predicted octanol–water partition coefficient (Wildman–Crippen LogP) is 0.868. The van der Waals surface area contributed by atoms with E-state index in [-0.39, 0.29) is 0 Å². The summed E-state index contributed by atoms with van der Waals surface area (Å²) in [6, 6.07) is 0. The summed E-state index contributed by atoms with van der Waals surface area (Å²) in [6.45, 7) is 4.56. The molecular weight excluding hydrogens is 216 g/mol. The van der Waals surface area contributed by atoms with Crippen LogP contribution >= 0.6 is 0 Å². The number of ether oxygens (including phenoxy) is 1. The van der Waals surface area contributed by atoms with Gasteiger partial charge in [0.1, 0.15) is 0 Å². The van der Waals surface area contributed by atoms with Crippen LogP contribution in [-0.2, 0) is 4.74 Å². The highest BCUT2D eigenvalue weighted by Crippen LogP contribution is 2.29. The molecule has 0 aromatic carbocycles. The van der Waals surface area contributed by atoms with E-state index in [0.717, 1.165) is 19.0 Å². The molecule has 0 spiro atoms. The van der Waals surface area contributed by atoms with E-state index in [1.165, 1.54) is 25.7 Å². The Morgan fingerprint density at radius 2 is 2.18 bits per heavy atom. The molecule has 0 aromatic rings. The number of nitrogens with zero attached hydrogens (tertiary/aromatic N) is 1. The Bertz CT molecular complexity index is 233. The minimum absolute atomic E-state index is 0.653. The summed E-state index contributed by atoms with van der Waals surface area (Å²) in [5.74, 6) is 7.58. The first-order valence-corrected chi connectivity index (χ1v) is 6.51. The first kappa shape index (κ1) is 14.3. The van der Waals surface area contributed by atoms with Crippen LogP contribution in [0.2, 0.25) is 0 Å². The number of hydrogen-bond acceptors (Lipinski definition) is 3. The summed E-state index contributed by atoms with van der Waals surface area (Å²) in [6.07, 6.45) is 5.34. The Morgan fingerprint density at radius 3 is 2.82 bits per heavy atom. The van der Waals surface area contributed by atoms with E-state index < -0.39 is 0 Å². The van der Waals surface area contributed by atoms with Crippen molar-refractivity contribution in [2.75, 3.05) is 26.8 Å². The molecule has 4 N–H and O–H groups in total. The standard InChI is InChI=1S/C12H26N4O/c1-10-5-3-4-6-11(10)9-15-12(16-13)14-7-8-17-2/h10-11H,3-9,13H2,1-2H3,(H2,14,15,16). The van der Waals surface area contributed by atoms with E-state index in [9.17, 15) is 0 Å². The van der Waals surface area contributed by atoms with Gasteiger partial charge in [0.25, 0.3) is 0 Å².